The van der Waals surface area contributed by atoms with Gasteiger partial charge in [0.2, 0.25) is 11.8 Å². The minimum atomic E-state index is -0.454. The van der Waals surface area contributed by atoms with Crippen molar-refractivity contribution in [3.63, 3.8) is 0 Å². The Morgan fingerprint density at radius 1 is 1.09 bits per heavy atom. The third kappa shape index (κ3) is 3.11. The van der Waals surface area contributed by atoms with Crippen molar-refractivity contribution in [1.29, 1.82) is 0 Å². The second-order valence-electron chi connectivity index (χ2n) is 5.96. The molecular weight excluding hydrogens is 288 g/mol. The van der Waals surface area contributed by atoms with Crippen LogP contribution in [0.3, 0.4) is 0 Å². The number of carbonyl (C=O) groups excluding carboxylic acids is 2. The smallest absolute Gasteiger partial charge is 0.247 e. The van der Waals surface area contributed by atoms with Gasteiger partial charge in [-0.15, -0.1) is 0 Å². The topological polar surface area (TPSA) is 49.4 Å². The molecule has 0 spiro atoms. The Balaban J connectivity index is 1.83. The van der Waals surface area contributed by atoms with E-state index in [1.165, 1.54) is 0 Å². The quantitative estimate of drug-likeness (QED) is 0.944. The van der Waals surface area contributed by atoms with Crippen LogP contribution in [0.1, 0.15) is 24.0 Å². The number of benzene rings is 2. The first-order valence-electron chi connectivity index (χ1n) is 7.81. The van der Waals surface area contributed by atoms with Gasteiger partial charge in [-0.2, -0.15) is 0 Å². The number of anilines is 2. The minimum Gasteiger partial charge on any atom is -0.324 e. The maximum Gasteiger partial charge on any atom is 0.247 e. The molecule has 0 bridgehead atoms. The molecule has 2 aromatic rings. The van der Waals surface area contributed by atoms with E-state index in [4.69, 9.17) is 0 Å². The number of carbonyl (C=O) groups is 2. The lowest BCUT2D eigenvalue weighted by Crippen LogP contribution is -2.41. The molecule has 118 valence electrons. The fourth-order valence-electron chi connectivity index (χ4n) is 2.89. The summed E-state index contributed by atoms with van der Waals surface area (Å²) in [6.07, 6.45) is 0.949. The van der Waals surface area contributed by atoms with E-state index in [1.54, 1.807) is 4.90 Å². The van der Waals surface area contributed by atoms with Crippen molar-refractivity contribution >= 4 is 23.2 Å². The van der Waals surface area contributed by atoms with Crippen molar-refractivity contribution in [3.8, 4) is 0 Å². The molecule has 0 saturated carbocycles. The number of nitrogens with one attached hydrogen (secondary N) is 1. The third-order valence-corrected chi connectivity index (χ3v) is 4.23. The van der Waals surface area contributed by atoms with Gasteiger partial charge in [-0.3, -0.25) is 14.5 Å². The summed E-state index contributed by atoms with van der Waals surface area (Å²) in [6.45, 7) is 3.95. The molecule has 1 aliphatic heterocycles. The predicted molar refractivity (Wildman–Crippen MR) is 91.5 cm³/mol. The molecule has 0 aliphatic carbocycles. The summed E-state index contributed by atoms with van der Waals surface area (Å²) in [7, 11) is 0. The average Bonchev–Trinajstić information content (AvgIpc) is 2.92. The molecule has 1 fully saturated rings. The number of aryl methyl sites for hydroxylation is 2. The molecule has 1 N–H and O–H groups in total. The number of para-hydroxylation sites is 1. The highest BCUT2D eigenvalue weighted by Crippen LogP contribution is 2.28. The van der Waals surface area contributed by atoms with Crippen molar-refractivity contribution in [2.75, 3.05) is 10.2 Å². The van der Waals surface area contributed by atoms with Gasteiger partial charge in [-0.05, 0) is 44.0 Å². The van der Waals surface area contributed by atoms with Gasteiger partial charge >= 0.3 is 0 Å². The molecule has 1 saturated heterocycles. The standard InChI is InChI=1S/C19H20N2O2/c1-13-7-9-15(10-8-13)21-17(11-12-18(21)22)19(23)20-16-6-4-3-5-14(16)2/h3-10,17H,11-12H2,1-2H3,(H,20,23). The first kappa shape index (κ1) is 15.3. The zero-order valence-corrected chi connectivity index (χ0v) is 13.4. The Kier molecular flexibility index (Phi) is 4.15. The van der Waals surface area contributed by atoms with Crippen LogP contribution in [0, 0.1) is 13.8 Å². The SMILES string of the molecule is Cc1ccc(N2C(=O)CCC2C(=O)Nc2ccccc2C)cc1. The van der Waals surface area contributed by atoms with Crippen LogP contribution in [0.2, 0.25) is 0 Å². The molecule has 1 heterocycles. The predicted octanol–water partition coefficient (Wildman–Crippen LogP) is 3.44. The van der Waals surface area contributed by atoms with E-state index in [0.717, 1.165) is 22.5 Å². The normalized spacial score (nSPS) is 17.4. The Labute approximate surface area is 136 Å². The van der Waals surface area contributed by atoms with E-state index in [0.29, 0.717) is 12.8 Å². The van der Waals surface area contributed by atoms with Crippen molar-refractivity contribution in [2.45, 2.75) is 32.7 Å². The Hall–Kier alpha value is -2.62. The molecule has 0 radical (unpaired) electrons. The molecule has 4 nitrogen and oxygen atoms in total. The molecule has 0 aromatic heterocycles. The molecule has 23 heavy (non-hydrogen) atoms. The molecular formula is C19H20N2O2. The van der Waals surface area contributed by atoms with E-state index in [1.807, 2.05) is 62.4 Å². The van der Waals surface area contributed by atoms with Crippen LogP contribution in [-0.2, 0) is 9.59 Å². The Bertz CT molecular complexity index is 737. The maximum atomic E-state index is 12.7. The van der Waals surface area contributed by atoms with Crippen molar-refractivity contribution in [3.05, 3.63) is 59.7 Å². The third-order valence-electron chi connectivity index (χ3n) is 4.23. The van der Waals surface area contributed by atoms with Gasteiger partial charge in [0, 0.05) is 17.8 Å². The summed E-state index contributed by atoms with van der Waals surface area (Å²) in [5.74, 6) is -0.135. The van der Waals surface area contributed by atoms with E-state index in [-0.39, 0.29) is 11.8 Å². The van der Waals surface area contributed by atoms with Crippen LogP contribution in [0.5, 0.6) is 0 Å². The molecule has 4 heteroatoms. The minimum absolute atomic E-state index is 0.00112. The van der Waals surface area contributed by atoms with Gasteiger partial charge in [-0.25, -0.2) is 0 Å². The lowest BCUT2D eigenvalue weighted by molar-refractivity contribution is -0.120. The molecule has 1 aliphatic rings. The van der Waals surface area contributed by atoms with Crippen LogP contribution in [-0.4, -0.2) is 17.9 Å². The molecule has 3 rings (SSSR count). The van der Waals surface area contributed by atoms with Crippen LogP contribution >= 0.6 is 0 Å². The fraction of sp³-hybridized carbons (Fsp3) is 0.263. The van der Waals surface area contributed by atoms with Crippen LogP contribution in [0.4, 0.5) is 11.4 Å². The highest BCUT2D eigenvalue weighted by Gasteiger charge is 2.37. The van der Waals surface area contributed by atoms with Gasteiger partial charge in [0.1, 0.15) is 6.04 Å². The zero-order valence-electron chi connectivity index (χ0n) is 13.4. The second kappa shape index (κ2) is 6.24. The van der Waals surface area contributed by atoms with E-state index in [2.05, 4.69) is 5.32 Å². The van der Waals surface area contributed by atoms with Gasteiger partial charge in [0.05, 0.1) is 0 Å². The summed E-state index contributed by atoms with van der Waals surface area (Å²) < 4.78 is 0. The van der Waals surface area contributed by atoms with Crippen LogP contribution in [0.25, 0.3) is 0 Å². The van der Waals surface area contributed by atoms with Crippen LogP contribution < -0.4 is 10.2 Å². The molecule has 2 aromatic carbocycles. The Morgan fingerprint density at radius 3 is 2.48 bits per heavy atom. The number of rotatable bonds is 3. The maximum absolute atomic E-state index is 12.7. The lowest BCUT2D eigenvalue weighted by atomic mass is 10.1. The highest BCUT2D eigenvalue weighted by atomic mass is 16.2. The Morgan fingerprint density at radius 2 is 1.78 bits per heavy atom. The summed E-state index contributed by atoms with van der Waals surface area (Å²) in [4.78, 5) is 26.5. The van der Waals surface area contributed by atoms with Gasteiger partial charge in [0.15, 0.2) is 0 Å². The molecule has 1 unspecified atom stereocenters. The van der Waals surface area contributed by atoms with Crippen molar-refractivity contribution in [1.82, 2.24) is 0 Å². The van der Waals surface area contributed by atoms with E-state index >= 15 is 0 Å². The number of nitrogens with zero attached hydrogens (tertiary/aromatic N) is 1. The van der Waals surface area contributed by atoms with Gasteiger partial charge < -0.3 is 5.32 Å². The van der Waals surface area contributed by atoms with E-state index in [9.17, 15) is 9.59 Å². The fourth-order valence-corrected chi connectivity index (χ4v) is 2.89. The van der Waals surface area contributed by atoms with Crippen molar-refractivity contribution < 1.29 is 9.59 Å². The number of hydrogen-bond acceptors (Lipinski definition) is 2. The van der Waals surface area contributed by atoms with Crippen molar-refractivity contribution in [2.24, 2.45) is 0 Å². The highest BCUT2D eigenvalue weighted by molar-refractivity contribution is 6.07. The van der Waals surface area contributed by atoms with Gasteiger partial charge in [-0.1, -0.05) is 35.9 Å². The first-order chi connectivity index (χ1) is 11.1. The first-order valence-corrected chi connectivity index (χ1v) is 7.81. The number of hydrogen-bond donors (Lipinski definition) is 1. The summed E-state index contributed by atoms with van der Waals surface area (Å²) in [5.41, 5.74) is 3.71. The van der Waals surface area contributed by atoms with Gasteiger partial charge in [0.25, 0.3) is 0 Å². The lowest BCUT2D eigenvalue weighted by Gasteiger charge is -2.24. The second-order valence-corrected chi connectivity index (χ2v) is 5.96. The zero-order chi connectivity index (χ0) is 16.4. The van der Waals surface area contributed by atoms with E-state index < -0.39 is 6.04 Å². The summed E-state index contributed by atoms with van der Waals surface area (Å²) in [6, 6.07) is 14.9. The number of amides is 2. The monoisotopic (exact) mass is 308 g/mol. The molecule has 2 amide bonds. The summed E-state index contributed by atoms with van der Waals surface area (Å²) >= 11 is 0. The van der Waals surface area contributed by atoms with Crippen LogP contribution in [0.15, 0.2) is 48.5 Å². The largest absolute Gasteiger partial charge is 0.324 e. The molecule has 1 atom stereocenters. The average molecular weight is 308 g/mol. The summed E-state index contributed by atoms with van der Waals surface area (Å²) in [5, 5.41) is 2.95.